The predicted octanol–water partition coefficient (Wildman–Crippen LogP) is 2.10. The molecule has 0 heterocycles. The van der Waals surface area contributed by atoms with E-state index in [1.54, 1.807) is 0 Å². The summed E-state index contributed by atoms with van der Waals surface area (Å²) in [4.78, 5) is 0. The Bertz CT molecular complexity index is 71.5. The zero-order chi connectivity index (χ0) is 7.49. The van der Waals surface area contributed by atoms with Crippen molar-refractivity contribution in [2.45, 2.75) is 38.5 Å². The van der Waals surface area contributed by atoms with Crippen LogP contribution in [0.25, 0.3) is 0 Å². The predicted molar refractivity (Wildman–Crippen MR) is 44.5 cm³/mol. The molecule has 0 saturated heterocycles. The summed E-state index contributed by atoms with van der Waals surface area (Å²) in [6, 6.07) is 0. The summed E-state index contributed by atoms with van der Waals surface area (Å²) >= 11 is 0. The van der Waals surface area contributed by atoms with Gasteiger partial charge in [-0.3, -0.25) is 0 Å². The number of hydrogen-bond acceptors (Lipinski definition) is 1. The van der Waals surface area contributed by atoms with Crippen LogP contribution in [0.3, 0.4) is 0 Å². The lowest BCUT2D eigenvalue weighted by Crippen LogP contribution is -2.29. The first-order valence-electron chi connectivity index (χ1n) is 3.63. The van der Waals surface area contributed by atoms with Crippen molar-refractivity contribution < 1.29 is 5.11 Å². The Balaban J connectivity index is 3.79. The SMILES string of the molecule is CCC(CO)[Si](C)(C)C. The average molecular weight is 146 g/mol. The van der Waals surface area contributed by atoms with Gasteiger partial charge in [-0.1, -0.05) is 33.0 Å². The van der Waals surface area contributed by atoms with Crippen molar-refractivity contribution in [1.82, 2.24) is 0 Å². The first-order chi connectivity index (χ1) is 4.02. The minimum absolute atomic E-state index is 0.381. The van der Waals surface area contributed by atoms with Gasteiger partial charge in [0.15, 0.2) is 0 Å². The molecule has 0 rings (SSSR count). The largest absolute Gasteiger partial charge is 0.396 e. The summed E-state index contributed by atoms with van der Waals surface area (Å²) in [5, 5.41) is 8.90. The van der Waals surface area contributed by atoms with Crippen LogP contribution in [0, 0.1) is 0 Å². The molecule has 2 heteroatoms. The van der Waals surface area contributed by atoms with Crippen LogP contribution in [0.15, 0.2) is 0 Å². The molecule has 0 aromatic heterocycles. The summed E-state index contributed by atoms with van der Waals surface area (Å²) in [5.74, 6) is 0. The fraction of sp³-hybridized carbons (Fsp3) is 1.00. The molecule has 56 valence electrons. The highest BCUT2D eigenvalue weighted by molar-refractivity contribution is 6.77. The average Bonchev–Trinajstić information content (AvgIpc) is 1.65. The smallest absolute Gasteiger partial charge is 0.0499 e. The standard InChI is InChI=1S/C7H18OSi/c1-5-7(6-8)9(2,3)4/h7-8H,5-6H2,1-4H3. The van der Waals surface area contributed by atoms with Crippen molar-refractivity contribution >= 4 is 8.07 Å². The monoisotopic (exact) mass is 146 g/mol. The van der Waals surface area contributed by atoms with Crippen molar-refractivity contribution in [3.63, 3.8) is 0 Å². The normalized spacial score (nSPS) is 15.7. The second-order valence-electron chi connectivity index (χ2n) is 3.65. The number of aliphatic hydroxyl groups is 1. The minimum Gasteiger partial charge on any atom is -0.396 e. The zero-order valence-electron chi connectivity index (χ0n) is 6.94. The zero-order valence-corrected chi connectivity index (χ0v) is 7.94. The molecule has 0 radical (unpaired) electrons. The van der Waals surface area contributed by atoms with Gasteiger partial charge in [-0.05, 0) is 5.54 Å². The highest BCUT2D eigenvalue weighted by Crippen LogP contribution is 2.23. The molecule has 0 bridgehead atoms. The Labute approximate surface area is 59.1 Å². The second kappa shape index (κ2) is 3.37. The van der Waals surface area contributed by atoms with E-state index < -0.39 is 8.07 Å². The van der Waals surface area contributed by atoms with Gasteiger partial charge in [-0.25, -0.2) is 0 Å². The van der Waals surface area contributed by atoms with Gasteiger partial charge >= 0.3 is 0 Å². The van der Waals surface area contributed by atoms with Gasteiger partial charge in [0.05, 0.1) is 0 Å². The van der Waals surface area contributed by atoms with Crippen LogP contribution in [-0.2, 0) is 0 Å². The molecule has 0 fully saturated rings. The van der Waals surface area contributed by atoms with E-state index >= 15 is 0 Å². The molecule has 0 aliphatic rings. The fourth-order valence-corrected chi connectivity index (χ4v) is 2.79. The molecule has 0 spiro atoms. The maximum atomic E-state index is 8.90. The second-order valence-corrected chi connectivity index (χ2v) is 9.20. The first kappa shape index (κ1) is 9.18. The Morgan fingerprint density at radius 2 is 1.78 bits per heavy atom. The molecule has 1 N–H and O–H groups in total. The van der Waals surface area contributed by atoms with Crippen LogP contribution in [0.5, 0.6) is 0 Å². The lowest BCUT2D eigenvalue weighted by atomic mass is 10.3. The van der Waals surface area contributed by atoms with Gasteiger partial charge in [0, 0.05) is 14.7 Å². The highest BCUT2D eigenvalue weighted by Gasteiger charge is 2.23. The molecule has 1 unspecified atom stereocenters. The minimum atomic E-state index is -1.04. The van der Waals surface area contributed by atoms with E-state index in [0.29, 0.717) is 12.1 Å². The lowest BCUT2D eigenvalue weighted by molar-refractivity contribution is 0.283. The van der Waals surface area contributed by atoms with Gasteiger partial charge < -0.3 is 5.11 Å². The third-order valence-corrected chi connectivity index (χ3v) is 4.98. The molecule has 0 aliphatic carbocycles. The van der Waals surface area contributed by atoms with Gasteiger partial charge in [-0.2, -0.15) is 0 Å². The highest BCUT2D eigenvalue weighted by atomic mass is 28.3. The number of rotatable bonds is 3. The Hall–Kier alpha value is 0.177. The molecule has 0 aromatic carbocycles. The Morgan fingerprint density at radius 3 is 1.78 bits per heavy atom. The summed E-state index contributed by atoms with van der Waals surface area (Å²) in [6.07, 6.45) is 1.13. The van der Waals surface area contributed by atoms with E-state index in [-0.39, 0.29) is 0 Å². The maximum Gasteiger partial charge on any atom is 0.0499 e. The maximum absolute atomic E-state index is 8.90. The molecule has 0 aromatic rings. The van der Waals surface area contributed by atoms with Gasteiger partial charge in [0.25, 0.3) is 0 Å². The van der Waals surface area contributed by atoms with Crippen molar-refractivity contribution in [3.05, 3.63) is 0 Å². The van der Waals surface area contributed by atoms with E-state index in [0.717, 1.165) is 6.42 Å². The van der Waals surface area contributed by atoms with E-state index in [4.69, 9.17) is 5.11 Å². The van der Waals surface area contributed by atoms with Crippen LogP contribution in [0.1, 0.15) is 13.3 Å². The third kappa shape index (κ3) is 3.01. The van der Waals surface area contributed by atoms with Crippen LogP contribution in [0.2, 0.25) is 25.2 Å². The summed E-state index contributed by atoms with van der Waals surface area (Å²) in [7, 11) is -1.04. The number of aliphatic hydroxyl groups excluding tert-OH is 1. The van der Waals surface area contributed by atoms with Crippen LogP contribution in [0.4, 0.5) is 0 Å². The summed E-state index contributed by atoms with van der Waals surface area (Å²) in [6.45, 7) is 9.44. The van der Waals surface area contributed by atoms with E-state index in [2.05, 4.69) is 26.6 Å². The van der Waals surface area contributed by atoms with Crippen LogP contribution >= 0.6 is 0 Å². The van der Waals surface area contributed by atoms with Gasteiger partial charge in [0.2, 0.25) is 0 Å². The molecule has 1 nitrogen and oxygen atoms in total. The summed E-state index contributed by atoms with van der Waals surface area (Å²) < 4.78 is 0. The third-order valence-electron chi connectivity index (χ3n) is 1.94. The van der Waals surface area contributed by atoms with Gasteiger partial charge in [-0.15, -0.1) is 0 Å². The van der Waals surface area contributed by atoms with Crippen molar-refractivity contribution in [3.8, 4) is 0 Å². The summed E-state index contributed by atoms with van der Waals surface area (Å²) in [5.41, 5.74) is 0.595. The van der Waals surface area contributed by atoms with E-state index in [1.807, 2.05) is 0 Å². The molecule has 9 heavy (non-hydrogen) atoms. The van der Waals surface area contributed by atoms with Crippen LogP contribution in [-0.4, -0.2) is 19.8 Å². The van der Waals surface area contributed by atoms with Crippen LogP contribution < -0.4 is 0 Å². The molecule has 0 amide bonds. The van der Waals surface area contributed by atoms with Crippen molar-refractivity contribution in [2.75, 3.05) is 6.61 Å². The molecule has 0 saturated carbocycles. The molecular weight excluding hydrogens is 128 g/mol. The Kier molecular flexibility index (Phi) is 3.44. The molecule has 1 atom stereocenters. The topological polar surface area (TPSA) is 20.2 Å². The molecule has 0 aliphatic heterocycles. The van der Waals surface area contributed by atoms with E-state index in [1.165, 1.54) is 0 Å². The Morgan fingerprint density at radius 1 is 1.33 bits per heavy atom. The number of hydrogen-bond donors (Lipinski definition) is 1. The quantitative estimate of drug-likeness (QED) is 0.605. The first-order valence-corrected chi connectivity index (χ1v) is 7.21. The van der Waals surface area contributed by atoms with Crippen molar-refractivity contribution in [1.29, 1.82) is 0 Å². The molecular formula is C7H18OSi. The van der Waals surface area contributed by atoms with E-state index in [9.17, 15) is 0 Å². The lowest BCUT2D eigenvalue weighted by Gasteiger charge is -2.25. The fourth-order valence-electron chi connectivity index (χ4n) is 1.02. The van der Waals surface area contributed by atoms with Crippen molar-refractivity contribution in [2.24, 2.45) is 0 Å². The van der Waals surface area contributed by atoms with Gasteiger partial charge in [0.1, 0.15) is 0 Å².